The number of fused-ring (bicyclic) bond motifs is 1. The maximum atomic E-state index is 10.8. The van der Waals surface area contributed by atoms with Gasteiger partial charge in [0.1, 0.15) is 5.66 Å². The summed E-state index contributed by atoms with van der Waals surface area (Å²) >= 11 is 0. The highest BCUT2D eigenvalue weighted by Crippen LogP contribution is 2.51. The Bertz CT molecular complexity index is 219. The standard InChI is InChI=1S/C8H14N2O2/c1-2-10(7(11)12)8-5-6(8)3-4-9-8/h6,9H,2-5H2,1H3,(H,11,12). The zero-order chi connectivity index (χ0) is 8.77. The molecule has 0 radical (unpaired) electrons. The monoisotopic (exact) mass is 170 g/mol. The van der Waals surface area contributed by atoms with Crippen LogP contribution in [0.15, 0.2) is 0 Å². The van der Waals surface area contributed by atoms with Gasteiger partial charge in [0.2, 0.25) is 0 Å². The Morgan fingerprint density at radius 3 is 2.92 bits per heavy atom. The van der Waals surface area contributed by atoms with E-state index < -0.39 is 6.09 Å². The minimum atomic E-state index is -0.797. The largest absolute Gasteiger partial charge is 0.465 e. The molecule has 68 valence electrons. The van der Waals surface area contributed by atoms with Gasteiger partial charge in [0.15, 0.2) is 0 Å². The van der Waals surface area contributed by atoms with Crippen molar-refractivity contribution in [2.45, 2.75) is 25.4 Å². The molecule has 0 aromatic heterocycles. The van der Waals surface area contributed by atoms with Crippen LogP contribution in [0.5, 0.6) is 0 Å². The minimum Gasteiger partial charge on any atom is -0.465 e. The molecule has 0 aromatic rings. The van der Waals surface area contributed by atoms with Gasteiger partial charge < -0.3 is 5.11 Å². The van der Waals surface area contributed by atoms with Crippen molar-refractivity contribution in [3.8, 4) is 0 Å². The topological polar surface area (TPSA) is 52.6 Å². The van der Waals surface area contributed by atoms with Gasteiger partial charge in [-0.1, -0.05) is 0 Å². The van der Waals surface area contributed by atoms with Crippen molar-refractivity contribution in [2.75, 3.05) is 13.1 Å². The molecule has 0 bridgehead atoms. The molecule has 1 heterocycles. The van der Waals surface area contributed by atoms with Gasteiger partial charge in [-0.25, -0.2) is 4.79 Å². The van der Waals surface area contributed by atoms with E-state index in [1.807, 2.05) is 6.92 Å². The highest BCUT2D eigenvalue weighted by Gasteiger charge is 2.62. The van der Waals surface area contributed by atoms with E-state index in [2.05, 4.69) is 5.32 Å². The molecule has 2 fully saturated rings. The van der Waals surface area contributed by atoms with Crippen LogP contribution in [0.25, 0.3) is 0 Å². The average molecular weight is 170 g/mol. The van der Waals surface area contributed by atoms with Crippen molar-refractivity contribution in [3.63, 3.8) is 0 Å². The van der Waals surface area contributed by atoms with Crippen molar-refractivity contribution >= 4 is 6.09 Å². The first-order valence-electron chi connectivity index (χ1n) is 4.46. The summed E-state index contributed by atoms with van der Waals surface area (Å²) in [5.41, 5.74) is -0.166. The van der Waals surface area contributed by atoms with Crippen molar-refractivity contribution < 1.29 is 9.90 Å². The molecule has 1 aliphatic heterocycles. The minimum absolute atomic E-state index is 0.166. The molecule has 0 spiro atoms. The van der Waals surface area contributed by atoms with E-state index >= 15 is 0 Å². The fourth-order valence-electron chi connectivity index (χ4n) is 2.35. The Kier molecular flexibility index (Phi) is 1.54. The van der Waals surface area contributed by atoms with Crippen LogP contribution >= 0.6 is 0 Å². The molecule has 0 aromatic carbocycles. The molecule has 1 saturated heterocycles. The third-order valence-electron chi connectivity index (χ3n) is 3.03. The number of amides is 1. The number of hydrogen-bond donors (Lipinski definition) is 2. The SMILES string of the molecule is CCN(C(=O)O)C12CC1CCN2. The van der Waals surface area contributed by atoms with Crippen LogP contribution in [0.3, 0.4) is 0 Å². The maximum Gasteiger partial charge on any atom is 0.408 e. The van der Waals surface area contributed by atoms with E-state index in [-0.39, 0.29) is 5.66 Å². The van der Waals surface area contributed by atoms with Crippen molar-refractivity contribution in [1.29, 1.82) is 0 Å². The smallest absolute Gasteiger partial charge is 0.408 e. The molecular weight excluding hydrogens is 156 g/mol. The van der Waals surface area contributed by atoms with Gasteiger partial charge in [-0.05, 0) is 26.3 Å². The van der Waals surface area contributed by atoms with Gasteiger partial charge in [0.25, 0.3) is 0 Å². The van der Waals surface area contributed by atoms with E-state index in [0.29, 0.717) is 12.5 Å². The molecule has 12 heavy (non-hydrogen) atoms. The molecule has 1 saturated carbocycles. The Balaban J connectivity index is 2.12. The molecular formula is C8H14N2O2. The molecule has 2 unspecified atom stereocenters. The molecule has 2 aliphatic rings. The Hall–Kier alpha value is -0.770. The van der Waals surface area contributed by atoms with Crippen LogP contribution in [-0.4, -0.2) is 34.9 Å². The predicted molar refractivity (Wildman–Crippen MR) is 43.9 cm³/mol. The number of carboxylic acid groups (broad SMARTS) is 1. The third-order valence-corrected chi connectivity index (χ3v) is 3.03. The molecule has 4 heteroatoms. The van der Waals surface area contributed by atoms with E-state index in [1.54, 1.807) is 0 Å². The molecule has 2 atom stereocenters. The lowest BCUT2D eigenvalue weighted by atomic mass is 10.3. The Morgan fingerprint density at radius 2 is 2.58 bits per heavy atom. The number of rotatable bonds is 2. The number of carbonyl (C=O) groups is 1. The van der Waals surface area contributed by atoms with Gasteiger partial charge in [-0.2, -0.15) is 0 Å². The van der Waals surface area contributed by atoms with Crippen LogP contribution in [0.1, 0.15) is 19.8 Å². The van der Waals surface area contributed by atoms with Gasteiger partial charge in [0, 0.05) is 12.5 Å². The second kappa shape index (κ2) is 2.36. The summed E-state index contributed by atoms with van der Waals surface area (Å²) in [5.74, 6) is 0.577. The second-order valence-electron chi connectivity index (χ2n) is 3.57. The second-order valence-corrected chi connectivity index (χ2v) is 3.57. The van der Waals surface area contributed by atoms with Crippen LogP contribution in [0.4, 0.5) is 4.79 Å². The number of nitrogens with one attached hydrogen (secondary N) is 1. The number of hydrogen-bond acceptors (Lipinski definition) is 2. The number of nitrogens with zero attached hydrogens (tertiary/aromatic N) is 1. The van der Waals surface area contributed by atoms with Gasteiger partial charge in [-0.3, -0.25) is 10.2 Å². The first kappa shape index (κ1) is 7.86. The van der Waals surface area contributed by atoms with Crippen LogP contribution < -0.4 is 5.32 Å². The van der Waals surface area contributed by atoms with Gasteiger partial charge in [-0.15, -0.1) is 0 Å². The lowest BCUT2D eigenvalue weighted by molar-refractivity contribution is 0.110. The lowest BCUT2D eigenvalue weighted by Crippen LogP contribution is -2.49. The fourth-order valence-corrected chi connectivity index (χ4v) is 2.35. The summed E-state index contributed by atoms with van der Waals surface area (Å²) in [4.78, 5) is 12.4. The highest BCUT2D eigenvalue weighted by molar-refractivity contribution is 5.67. The summed E-state index contributed by atoms with van der Waals surface area (Å²) in [5, 5.41) is 12.2. The van der Waals surface area contributed by atoms with Gasteiger partial charge >= 0.3 is 6.09 Å². The maximum absolute atomic E-state index is 10.8. The summed E-state index contributed by atoms with van der Waals surface area (Å²) in [6.07, 6.45) is 1.34. The number of piperidine rings is 1. The molecule has 2 N–H and O–H groups in total. The van der Waals surface area contributed by atoms with E-state index in [4.69, 9.17) is 5.11 Å². The van der Waals surface area contributed by atoms with Gasteiger partial charge in [0.05, 0.1) is 0 Å². The van der Waals surface area contributed by atoms with Crippen molar-refractivity contribution in [1.82, 2.24) is 10.2 Å². The summed E-state index contributed by atoms with van der Waals surface area (Å²) in [7, 11) is 0. The highest BCUT2D eigenvalue weighted by atomic mass is 16.4. The third kappa shape index (κ3) is 0.843. The first-order chi connectivity index (χ1) is 5.70. The zero-order valence-electron chi connectivity index (χ0n) is 7.21. The molecule has 1 aliphatic carbocycles. The van der Waals surface area contributed by atoms with E-state index in [9.17, 15) is 4.79 Å². The Labute approximate surface area is 71.5 Å². The predicted octanol–water partition coefficient (Wildman–Crippen LogP) is 0.696. The zero-order valence-corrected chi connectivity index (χ0v) is 7.21. The van der Waals surface area contributed by atoms with Crippen LogP contribution in [0, 0.1) is 5.92 Å². The summed E-state index contributed by atoms with van der Waals surface area (Å²) < 4.78 is 0. The van der Waals surface area contributed by atoms with E-state index in [1.165, 1.54) is 4.90 Å². The quantitative estimate of drug-likeness (QED) is 0.641. The van der Waals surface area contributed by atoms with Crippen LogP contribution in [0.2, 0.25) is 0 Å². The molecule has 1 amide bonds. The summed E-state index contributed by atoms with van der Waals surface area (Å²) in [6.45, 7) is 3.44. The first-order valence-corrected chi connectivity index (χ1v) is 4.46. The van der Waals surface area contributed by atoms with Crippen molar-refractivity contribution in [3.05, 3.63) is 0 Å². The molecule has 4 nitrogen and oxygen atoms in total. The normalized spacial score (nSPS) is 37.6. The fraction of sp³-hybridized carbons (Fsp3) is 0.875. The summed E-state index contributed by atoms with van der Waals surface area (Å²) in [6, 6.07) is 0. The lowest BCUT2D eigenvalue weighted by Gasteiger charge is -2.27. The van der Waals surface area contributed by atoms with Crippen molar-refractivity contribution in [2.24, 2.45) is 5.92 Å². The average Bonchev–Trinajstić information content (AvgIpc) is 2.55. The molecule has 2 rings (SSSR count). The Morgan fingerprint density at radius 1 is 1.83 bits per heavy atom. The van der Waals surface area contributed by atoms with Crippen LogP contribution in [-0.2, 0) is 0 Å². The van der Waals surface area contributed by atoms with E-state index in [0.717, 1.165) is 19.4 Å².